The van der Waals surface area contributed by atoms with E-state index in [0.29, 0.717) is 44.6 Å². The lowest BCUT2D eigenvalue weighted by Crippen LogP contribution is -2.19. The van der Waals surface area contributed by atoms with Gasteiger partial charge in [-0.05, 0) is 78.9 Å². The van der Waals surface area contributed by atoms with Gasteiger partial charge in [-0.25, -0.2) is 9.79 Å². The topological polar surface area (TPSA) is 110 Å². The molecular weight excluding hydrogens is 480 g/mol. The van der Waals surface area contributed by atoms with Crippen LogP contribution in [0.4, 0.5) is 5.69 Å². The second-order valence-corrected chi connectivity index (χ2v) is 8.42. The molecule has 2 aromatic carbocycles. The normalized spacial score (nSPS) is 15.5. The molecule has 1 saturated heterocycles. The predicted molar refractivity (Wildman–Crippen MR) is 130 cm³/mol. The van der Waals surface area contributed by atoms with Crippen LogP contribution in [0, 0.1) is 0 Å². The molecule has 0 spiro atoms. The minimum Gasteiger partial charge on any atom is -0.490 e. The van der Waals surface area contributed by atoms with Crippen LogP contribution in [0.15, 0.2) is 68.9 Å². The second-order valence-electron chi connectivity index (χ2n) is 6.96. The molecule has 1 fully saturated rings. The van der Waals surface area contributed by atoms with Crippen LogP contribution in [0.3, 0.4) is 0 Å². The summed E-state index contributed by atoms with van der Waals surface area (Å²) in [6.45, 7) is 2.30. The van der Waals surface area contributed by atoms with Gasteiger partial charge in [0.15, 0.2) is 16.7 Å². The van der Waals surface area contributed by atoms with Crippen LogP contribution in [0.2, 0.25) is 5.02 Å². The van der Waals surface area contributed by atoms with E-state index in [0.717, 1.165) is 5.56 Å². The molecule has 1 aliphatic rings. The first kappa shape index (κ1) is 23.5. The van der Waals surface area contributed by atoms with Crippen LogP contribution >= 0.6 is 23.4 Å². The zero-order valence-electron chi connectivity index (χ0n) is 17.9. The Morgan fingerprint density at radius 1 is 1.15 bits per heavy atom. The highest BCUT2D eigenvalue weighted by molar-refractivity contribution is 8.18. The van der Waals surface area contributed by atoms with Crippen molar-refractivity contribution in [1.29, 1.82) is 0 Å². The molecule has 0 aliphatic carbocycles. The fourth-order valence-electron chi connectivity index (χ4n) is 2.99. The molecule has 3 aromatic rings. The minimum atomic E-state index is -1.14. The largest absolute Gasteiger partial charge is 0.490 e. The van der Waals surface area contributed by atoms with Crippen molar-refractivity contribution in [3.63, 3.8) is 0 Å². The van der Waals surface area contributed by atoms with E-state index < -0.39 is 5.97 Å². The molecule has 1 aliphatic heterocycles. The molecule has 34 heavy (non-hydrogen) atoms. The van der Waals surface area contributed by atoms with Crippen molar-refractivity contribution < 1.29 is 28.6 Å². The molecule has 0 atom stereocenters. The summed E-state index contributed by atoms with van der Waals surface area (Å²) in [4.78, 5) is 28.3. The summed E-state index contributed by atoms with van der Waals surface area (Å²) in [5, 5.41) is 12.8. The van der Waals surface area contributed by atoms with Crippen molar-refractivity contribution in [2.24, 2.45) is 4.99 Å². The van der Waals surface area contributed by atoms with E-state index in [4.69, 9.17) is 30.6 Å². The molecule has 1 aromatic heterocycles. The summed E-state index contributed by atoms with van der Waals surface area (Å²) >= 11 is 7.13. The number of thioether (sulfide) groups is 1. The first-order valence-corrected chi connectivity index (χ1v) is 11.4. The predicted octanol–water partition coefficient (Wildman–Crippen LogP) is 5.50. The summed E-state index contributed by atoms with van der Waals surface area (Å²) < 4.78 is 16.7. The van der Waals surface area contributed by atoms with Crippen LogP contribution in [-0.4, -0.2) is 28.8 Å². The Balaban J connectivity index is 1.49. The summed E-state index contributed by atoms with van der Waals surface area (Å²) in [7, 11) is 0. The van der Waals surface area contributed by atoms with Crippen molar-refractivity contribution in [1.82, 2.24) is 5.32 Å². The van der Waals surface area contributed by atoms with Crippen molar-refractivity contribution in [2.45, 2.75) is 13.5 Å². The molecule has 0 radical (unpaired) electrons. The van der Waals surface area contributed by atoms with E-state index in [1.54, 1.807) is 54.6 Å². The number of furan rings is 1. The van der Waals surface area contributed by atoms with Crippen molar-refractivity contribution in [2.75, 3.05) is 6.61 Å². The Kier molecular flexibility index (Phi) is 7.24. The van der Waals surface area contributed by atoms with Crippen molar-refractivity contribution >= 4 is 52.2 Å². The van der Waals surface area contributed by atoms with E-state index in [2.05, 4.69) is 10.3 Å². The molecule has 8 nitrogen and oxygen atoms in total. The number of amides is 1. The summed E-state index contributed by atoms with van der Waals surface area (Å²) in [6.07, 6.45) is 1.74. The van der Waals surface area contributed by atoms with E-state index in [1.165, 1.54) is 17.8 Å². The standard InChI is InChI=1S/C24H19ClN2O6S/c1-2-31-20-11-14(3-9-18(20)32-13-17-8-10-19(33-17)23(29)30)12-21-22(28)27-24(34-21)26-16-6-4-15(25)5-7-16/h3-12H,2,13H2,1H3,(H,29,30)(H,26,27,28). The lowest BCUT2D eigenvalue weighted by Gasteiger charge is -2.12. The Hall–Kier alpha value is -3.69. The first-order chi connectivity index (χ1) is 16.4. The fraction of sp³-hybridized carbons (Fsp3) is 0.125. The number of amidine groups is 1. The Labute approximate surface area is 204 Å². The monoisotopic (exact) mass is 498 g/mol. The molecule has 0 bridgehead atoms. The maximum absolute atomic E-state index is 12.4. The second kappa shape index (κ2) is 10.5. The van der Waals surface area contributed by atoms with E-state index in [1.807, 2.05) is 6.92 Å². The SMILES string of the molecule is CCOc1cc(C=C2SC(=Nc3ccc(Cl)cc3)NC2=O)ccc1OCc1ccc(C(=O)O)o1. The quantitative estimate of drug-likeness (QED) is 0.394. The smallest absolute Gasteiger partial charge is 0.371 e. The van der Waals surface area contributed by atoms with Gasteiger partial charge < -0.3 is 24.3 Å². The number of carbonyl (C=O) groups excluding carboxylic acids is 1. The maximum Gasteiger partial charge on any atom is 0.371 e. The highest BCUT2D eigenvalue weighted by Gasteiger charge is 2.24. The van der Waals surface area contributed by atoms with Crippen LogP contribution in [0.1, 0.15) is 28.8 Å². The Bertz CT molecular complexity index is 1280. The van der Waals surface area contributed by atoms with Gasteiger partial charge in [-0.2, -0.15) is 0 Å². The molecular formula is C24H19ClN2O6S. The molecule has 0 unspecified atom stereocenters. The third-order valence-electron chi connectivity index (χ3n) is 4.52. The number of nitrogens with one attached hydrogen (secondary N) is 1. The summed E-state index contributed by atoms with van der Waals surface area (Å²) in [6, 6.07) is 15.2. The Morgan fingerprint density at radius 2 is 1.94 bits per heavy atom. The number of hydrogen-bond acceptors (Lipinski definition) is 7. The molecule has 10 heteroatoms. The number of halogens is 1. The van der Waals surface area contributed by atoms with Crippen molar-refractivity contribution in [3.05, 3.63) is 81.6 Å². The maximum atomic E-state index is 12.4. The summed E-state index contributed by atoms with van der Waals surface area (Å²) in [5.74, 6) is -0.225. The molecule has 174 valence electrons. The first-order valence-electron chi connectivity index (χ1n) is 10.2. The number of aromatic carboxylic acids is 1. The fourth-order valence-corrected chi connectivity index (χ4v) is 3.95. The van der Waals surface area contributed by atoms with E-state index in [-0.39, 0.29) is 18.3 Å². The number of carbonyl (C=O) groups is 2. The number of hydrogen-bond donors (Lipinski definition) is 2. The average molecular weight is 499 g/mol. The zero-order valence-corrected chi connectivity index (χ0v) is 19.5. The van der Waals surface area contributed by atoms with Crippen molar-refractivity contribution in [3.8, 4) is 11.5 Å². The minimum absolute atomic E-state index is 0.0383. The molecule has 2 heterocycles. The van der Waals surface area contributed by atoms with Crippen LogP contribution in [0.5, 0.6) is 11.5 Å². The van der Waals surface area contributed by atoms with Gasteiger partial charge in [0.2, 0.25) is 5.76 Å². The average Bonchev–Trinajstić information content (AvgIpc) is 3.42. The molecule has 1 amide bonds. The van der Waals surface area contributed by atoms with Crippen LogP contribution in [-0.2, 0) is 11.4 Å². The highest BCUT2D eigenvalue weighted by Crippen LogP contribution is 2.33. The molecule has 0 saturated carbocycles. The van der Waals surface area contributed by atoms with Gasteiger partial charge in [-0.15, -0.1) is 0 Å². The van der Waals surface area contributed by atoms with E-state index >= 15 is 0 Å². The third-order valence-corrected chi connectivity index (χ3v) is 5.68. The van der Waals surface area contributed by atoms with Crippen LogP contribution < -0.4 is 14.8 Å². The zero-order chi connectivity index (χ0) is 24.1. The summed E-state index contributed by atoms with van der Waals surface area (Å²) in [5.41, 5.74) is 1.42. The van der Waals surface area contributed by atoms with Gasteiger partial charge >= 0.3 is 5.97 Å². The van der Waals surface area contributed by atoms with Gasteiger partial charge in [-0.1, -0.05) is 17.7 Å². The number of carboxylic acid groups (broad SMARTS) is 1. The lowest BCUT2D eigenvalue weighted by molar-refractivity contribution is -0.115. The van der Waals surface area contributed by atoms with Gasteiger partial charge in [0.25, 0.3) is 5.91 Å². The highest BCUT2D eigenvalue weighted by atomic mass is 35.5. The third kappa shape index (κ3) is 5.81. The van der Waals surface area contributed by atoms with Gasteiger partial charge in [0, 0.05) is 5.02 Å². The lowest BCUT2D eigenvalue weighted by atomic mass is 10.2. The number of ether oxygens (including phenoxy) is 2. The van der Waals surface area contributed by atoms with Gasteiger partial charge in [0.05, 0.1) is 17.2 Å². The Morgan fingerprint density at radius 3 is 2.65 bits per heavy atom. The van der Waals surface area contributed by atoms with E-state index in [9.17, 15) is 9.59 Å². The number of nitrogens with zero attached hydrogens (tertiary/aromatic N) is 1. The number of carboxylic acids is 1. The van der Waals surface area contributed by atoms with Gasteiger partial charge in [0.1, 0.15) is 12.4 Å². The number of rotatable bonds is 8. The number of benzene rings is 2. The van der Waals surface area contributed by atoms with Gasteiger partial charge in [-0.3, -0.25) is 4.79 Å². The molecule has 2 N–H and O–H groups in total. The molecule has 4 rings (SSSR count). The number of aliphatic imine (C=N–C) groups is 1. The van der Waals surface area contributed by atoms with Crippen LogP contribution in [0.25, 0.3) is 6.08 Å².